The van der Waals surface area contributed by atoms with Gasteiger partial charge in [0.2, 0.25) is 0 Å². The van der Waals surface area contributed by atoms with Crippen LogP contribution in [0, 0.1) is 27.7 Å². The molecule has 25 heavy (non-hydrogen) atoms. The third kappa shape index (κ3) is 2.58. The first-order valence-corrected chi connectivity index (χ1v) is 8.69. The lowest BCUT2D eigenvalue weighted by molar-refractivity contribution is 0.450. The topological polar surface area (TPSA) is 35.2 Å². The number of benzene rings is 3. The Morgan fingerprint density at radius 1 is 0.760 bits per heavy atom. The lowest BCUT2D eigenvalue weighted by Gasteiger charge is -2.32. The van der Waals surface area contributed by atoms with Crippen molar-refractivity contribution in [2.24, 2.45) is 0 Å². The standard InChI is InChI=1S/C23H23NO/c1-13-8-15(3)21-19(10-13)25-20-11-14(2)9-16(4)22(20)23(21)17-6-5-7-18(24)12-17/h5-12,23H,24H2,1-4H3. The normalized spacial score (nSPS) is 13.1. The zero-order valence-electron chi connectivity index (χ0n) is 15.2. The highest BCUT2D eigenvalue weighted by Gasteiger charge is 2.32. The molecule has 0 aromatic heterocycles. The maximum absolute atomic E-state index is 6.35. The molecule has 0 saturated heterocycles. The molecule has 2 heteroatoms. The molecule has 0 aliphatic carbocycles. The third-order valence-corrected chi connectivity index (χ3v) is 5.03. The number of hydrogen-bond donors (Lipinski definition) is 1. The molecule has 0 spiro atoms. The Bertz CT molecular complexity index is 930. The summed E-state index contributed by atoms with van der Waals surface area (Å²) in [4.78, 5) is 0. The van der Waals surface area contributed by atoms with E-state index in [2.05, 4.69) is 64.1 Å². The summed E-state index contributed by atoms with van der Waals surface area (Å²) >= 11 is 0. The van der Waals surface area contributed by atoms with E-state index in [1.165, 1.54) is 38.9 Å². The van der Waals surface area contributed by atoms with E-state index in [1.807, 2.05) is 12.1 Å². The van der Waals surface area contributed by atoms with Crippen molar-refractivity contribution in [2.75, 3.05) is 5.73 Å². The van der Waals surface area contributed by atoms with Gasteiger partial charge in [0.1, 0.15) is 11.5 Å². The molecular formula is C23H23NO. The van der Waals surface area contributed by atoms with Crippen molar-refractivity contribution in [3.63, 3.8) is 0 Å². The van der Waals surface area contributed by atoms with E-state index in [0.29, 0.717) is 0 Å². The summed E-state index contributed by atoms with van der Waals surface area (Å²) < 4.78 is 6.35. The van der Waals surface area contributed by atoms with Crippen molar-refractivity contribution in [3.05, 3.63) is 87.5 Å². The van der Waals surface area contributed by atoms with Crippen LogP contribution in [0.5, 0.6) is 11.5 Å². The van der Waals surface area contributed by atoms with E-state index < -0.39 is 0 Å². The van der Waals surface area contributed by atoms with Crippen molar-refractivity contribution in [1.29, 1.82) is 0 Å². The number of rotatable bonds is 1. The van der Waals surface area contributed by atoms with E-state index >= 15 is 0 Å². The molecule has 4 rings (SSSR count). The predicted octanol–water partition coefficient (Wildman–Crippen LogP) is 5.79. The molecule has 0 radical (unpaired) electrons. The van der Waals surface area contributed by atoms with Crippen LogP contribution in [0.4, 0.5) is 5.69 Å². The quantitative estimate of drug-likeness (QED) is 0.449. The first kappa shape index (κ1) is 15.8. The molecule has 0 fully saturated rings. The minimum absolute atomic E-state index is 0.142. The second-order valence-electron chi connectivity index (χ2n) is 7.19. The van der Waals surface area contributed by atoms with Crippen molar-refractivity contribution >= 4 is 5.69 Å². The number of fused-ring (bicyclic) bond motifs is 2. The first-order chi connectivity index (χ1) is 11.9. The Balaban J connectivity index is 2.06. The Kier molecular flexibility index (Phi) is 3.57. The predicted molar refractivity (Wildman–Crippen MR) is 104 cm³/mol. The highest BCUT2D eigenvalue weighted by Crippen LogP contribution is 2.50. The summed E-state index contributed by atoms with van der Waals surface area (Å²) in [6.45, 7) is 8.57. The molecule has 2 N–H and O–H groups in total. The van der Waals surface area contributed by atoms with Gasteiger partial charge in [-0.05, 0) is 79.8 Å². The zero-order valence-corrected chi connectivity index (χ0v) is 15.2. The van der Waals surface area contributed by atoms with Gasteiger partial charge < -0.3 is 10.5 Å². The number of ether oxygens (including phenoxy) is 1. The van der Waals surface area contributed by atoms with E-state index in [4.69, 9.17) is 10.5 Å². The first-order valence-electron chi connectivity index (χ1n) is 8.69. The van der Waals surface area contributed by atoms with Crippen LogP contribution in [0.15, 0.2) is 48.5 Å². The molecule has 3 aromatic carbocycles. The largest absolute Gasteiger partial charge is 0.457 e. The van der Waals surface area contributed by atoms with Crippen molar-refractivity contribution in [1.82, 2.24) is 0 Å². The molecule has 1 aliphatic heterocycles. The SMILES string of the molecule is Cc1cc(C)c2c(c1)Oc1cc(C)cc(C)c1C2c1cccc(N)c1. The van der Waals surface area contributed by atoms with Crippen LogP contribution in [0.3, 0.4) is 0 Å². The molecule has 0 saturated carbocycles. The van der Waals surface area contributed by atoms with Crippen molar-refractivity contribution < 1.29 is 4.74 Å². The van der Waals surface area contributed by atoms with Gasteiger partial charge in [-0.3, -0.25) is 0 Å². The van der Waals surface area contributed by atoms with Gasteiger partial charge in [0.25, 0.3) is 0 Å². The third-order valence-electron chi connectivity index (χ3n) is 5.03. The number of aryl methyl sites for hydroxylation is 4. The zero-order chi connectivity index (χ0) is 17.7. The van der Waals surface area contributed by atoms with E-state index in [9.17, 15) is 0 Å². The summed E-state index contributed by atoms with van der Waals surface area (Å²) in [6, 6.07) is 17.0. The molecule has 0 atom stereocenters. The number of hydrogen-bond acceptors (Lipinski definition) is 2. The van der Waals surface area contributed by atoms with Gasteiger partial charge in [0, 0.05) is 22.7 Å². The molecule has 0 amide bonds. The fraction of sp³-hybridized carbons (Fsp3) is 0.217. The molecule has 2 nitrogen and oxygen atoms in total. The Labute approximate surface area is 149 Å². The lowest BCUT2D eigenvalue weighted by Crippen LogP contribution is -2.15. The average Bonchev–Trinajstić information content (AvgIpc) is 2.52. The van der Waals surface area contributed by atoms with Crippen LogP contribution < -0.4 is 10.5 Å². The van der Waals surface area contributed by atoms with Crippen LogP contribution in [-0.4, -0.2) is 0 Å². The molecular weight excluding hydrogens is 306 g/mol. The monoisotopic (exact) mass is 329 g/mol. The Morgan fingerprint density at radius 2 is 1.32 bits per heavy atom. The summed E-state index contributed by atoms with van der Waals surface area (Å²) in [5, 5.41) is 0. The van der Waals surface area contributed by atoms with Crippen LogP contribution in [-0.2, 0) is 0 Å². The fourth-order valence-electron chi connectivity index (χ4n) is 4.12. The van der Waals surface area contributed by atoms with E-state index in [0.717, 1.165) is 17.2 Å². The Morgan fingerprint density at radius 3 is 1.84 bits per heavy atom. The van der Waals surface area contributed by atoms with Crippen LogP contribution in [0.2, 0.25) is 0 Å². The second-order valence-corrected chi connectivity index (χ2v) is 7.19. The molecule has 1 heterocycles. The van der Waals surface area contributed by atoms with Crippen molar-refractivity contribution in [3.8, 4) is 11.5 Å². The van der Waals surface area contributed by atoms with Gasteiger partial charge in [-0.2, -0.15) is 0 Å². The van der Waals surface area contributed by atoms with Gasteiger partial charge in [-0.25, -0.2) is 0 Å². The van der Waals surface area contributed by atoms with Gasteiger partial charge >= 0.3 is 0 Å². The molecule has 0 unspecified atom stereocenters. The van der Waals surface area contributed by atoms with E-state index in [1.54, 1.807) is 0 Å². The summed E-state index contributed by atoms with van der Waals surface area (Å²) in [6.07, 6.45) is 0. The minimum Gasteiger partial charge on any atom is -0.457 e. The van der Waals surface area contributed by atoms with E-state index in [-0.39, 0.29) is 5.92 Å². The summed E-state index contributed by atoms with van der Waals surface area (Å²) in [7, 11) is 0. The summed E-state index contributed by atoms with van der Waals surface area (Å²) in [5.74, 6) is 2.06. The minimum atomic E-state index is 0.142. The maximum Gasteiger partial charge on any atom is 0.132 e. The summed E-state index contributed by atoms with van der Waals surface area (Å²) in [5.41, 5.74) is 15.5. The maximum atomic E-state index is 6.35. The smallest absolute Gasteiger partial charge is 0.132 e. The molecule has 126 valence electrons. The molecule has 3 aromatic rings. The van der Waals surface area contributed by atoms with Gasteiger partial charge in [-0.15, -0.1) is 0 Å². The van der Waals surface area contributed by atoms with Crippen LogP contribution in [0.1, 0.15) is 44.9 Å². The number of nitrogen functional groups attached to an aromatic ring is 1. The van der Waals surface area contributed by atoms with Gasteiger partial charge in [-0.1, -0.05) is 24.3 Å². The lowest BCUT2D eigenvalue weighted by atomic mass is 9.78. The number of nitrogens with two attached hydrogens (primary N) is 1. The van der Waals surface area contributed by atoms with Gasteiger partial charge in [0.05, 0.1) is 0 Å². The van der Waals surface area contributed by atoms with Crippen LogP contribution in [0.25, 0.3) is 0 Å². The highest BCUT2D eigenvalue weighted by molar-refractivity contribution is 5.64. The average molecular weight is 329 g/mol. The molecule has 1 aliphatic rings. The van der Waals surface area contributed by atoms with Crippen LogP contribution >= 0.6 is 0 Å². The fourth-order valence-corrected chi connectivity index (χ4v) is 4.12. The molecule has 0 bridgehead atoms. The van der Waals surface area contributed by atoms with Gasteiger partial charge in [0.15, 0.2) is 0 Å². The number of anilines is 1. The highest BCUT2D eigenvalue weighted by atomic mass is 16.5. The second kappa shape index (κ2) is 5.66. The Hall–Kier alpha value is -2.74. The van der Waals surface area contributed by atoms with Crippen molar-refractivity contribution in [2.45, 2.75) is 33.6 Å².